The first-order valence-electron chi connectivity index (χ1n) is 5.63. The second-order valence-corrected chi connectivity index (χ2v) is 4.62. The molecule has 1 aliphatic carbocycles. The Kier molecular flexibility index (Phi) is 2.04. The molecule has 5 nitrogen and oxygen atoms in total. The number of ether oxygens (including phenoxy) is 1. The molecule has 3 rings (SSSR count). The van der Waals surface area contributed by atoms with E-state index in [4.69, 9.17) is 4.74 Å². The summed E-state index contributed by atoms with van der Waals surface area (Å²) in [4.78, 5) is 21.3. The van der Waals surface area contributed by atoms with E-state index < -0.39 is 0 Å². The summed E-state index contributed by atoms with van der Waals surface area (Å²) in [6, 6.07) is 0. The van der Waals surface area contributed by atoms with Gasteiger partial charge in [0.05, 0.1) is 24.9 Å². The lowest BCUT2D eigenvalue weighted by atomic mass is 10.2. The van der Waals surface area contributed by atoms with Gasteiger partial charge in [-0.3, -0.25) is 4.79 Å². The third kappa shape index (κ3) is 1.43. The molecule has 0 bridgehead atoms. The molecule has 86 valence electrons. The third-order valence-corrected chi connectivity index (χ3v) is 3.41. The highest BCUT2D eigenvalue weighted by atomic mass is 16.5. The first kappa shape index (κ1) is 9.84. The number of hydrogen-bond acceptors (Lipinski definition) is 3. The van der Waals surface area contributed by atoms with Crippen molar-refractivity contribution in [2.24, 2.45) is 0 Å². The van der Waals surface area contributed by atoms with Gasteiger partial charge >= 0.3 is 0 Å². The van der Waals surface area contributed by atoms with Gasteiger partial charge in [0.1, 0.15) is 11.5 Å². The molecule has 1 aliphatic heterocycles. The number of H-pyrrole nitrogens is 1. The van der Waals surface area contributed by atoms with Gasteiger partial charge in [0.15, 0.2) is 0 Å². The highest BCUT2D eigenvalue weighted by Crippen LogP contribution is 2.44. The van der Waals surface area contributed by atoms with Crippen molar-refractivity contribution in [3.05, 3.63) is 17.7 Å². The summed E-state index contributed by atoms with van der Waals surface area (Å²) < 4.78 is 5.45. The number of aryl methyl sites for hydroxylation is 1. The lowest BCUT2D eigenvalue weighted by Crippen LogP contribution is -2.50. The van der Waals surface area contributed by atoms with Crippen LogP contribution in [0.2, 0.25) is 0 Å². The lowest BCUT2D eigenvalue weighted by molar-refractivity contribution is -0.0120. The van der Waals surface area contributed by atoms with Gasteiger partial charge in [-0.25, -0.2) is 4.98 Å². The van der Waals surface area contributed by atoms with Crippen LogP contribution in [-0.2, 0) is 4.74 Å². The molecule has 1 amide bonds. The van der Waals surface area contributed by atoms with Crippen LogP contribution in [0.1, 0.15) is 29.2 Å². The predicted molar refractivity (Wildman–Crippen MR) is 57.1 cm³/mol. The first-order chi connectivity index (χ1) is 7.71. The molecule has 1 saturated carbocycles. The van der Waals surface area contributed by atoms with Crippen LogP contribution in [0.5, 0.6) is 0 Å². The van der Waals surface area contributed by atoms with Gasteiger partial charge < -0.3 is 14.6 Å². The average molecular weight is 221 g/mol. The largest absolute Gasteiger partial charge is 0.377 e. The Bertz CT molecular complexity index is 423. The fraction of sp³-hybridized carbons (Fsp3) is 0.636. The Balaban J connectivity index is 1.84. The lowest BCUT2D eigenvalue weighted by Gasteiger charge is -2.35. The van der Waals surface area contributed by atoms with Crippen molar-refractivity contribution in [1.29, 1.82) is 0 Å². The van der Waals surface area contributed by atoms with Crippen molar-refractivity contribution in [2.45, 2.75) is 25.3 Å². The van der Waals surface area contributed by atoms with Crippen molar-refractivity contribution in [3.63, 3.8) is 0 Å². The van der Waals surface area contributed by atoms with E-state index in [9.17, 15) is 4.79 Å². The van der Waals surface area contributed by atoms with E-state index in [0.29, 0.717) is 25.5 Å². The quantitative estimate of drug-likeness (QED) is 0.760. The topological polar surface area (TPSA) is 58.2 Å². The number of morpholine rings is 1. The number of amides is 1. The number of imidazole rings is 1. The van der Waals surface area contributed by atoms with E-state index in [0.717, 1.165) is 18.7 Å². The van der Waals surface area contributed by atoms with Crippen molar-refractivity contribution < 1.29 is 9.53 Å². The molecule has 2 fully saturated rings. The number of nitrogens with one attached hydrogen (secondary N) is 1. The zero-order valence-corrected chi connectivity index (χ0v) is 9.32. The molecule has 0 unspecified atom stereocenters. The Morgan fingerprint density at radius 1 is 1.62 bits per heavy atom. The molecule has 1 N–H and O–H groups in total. The molecule has 1 spiro atoms. The minimum absolute atomic E-state index is 0.00561. The second-order valence-electron chi connectivity index (χ2n) is 4.62. The van der Waals surface area contributed by atoms with Crippen LogP contribution in [-0.4, -0.2) is 46.1 Å². The number of aromatic amines is 1. The predicted octanol–water partition coefficient (Wildman–Crippen LogP) is 0.723. The van der Waals surface area contributed by atoms with Crippen LogP contribution in [0.15, 0.2) is 6.20 Å². The Labute approximate surface area is 93.8 Å². The maximum absolute atomic E-state index is 12.3. The van der Waals surface area contributed by atoms with Gasteiger partial charge in [-0.2, -0.15) is 0 Å². The van der Waals surface area contributed by atoms with Crippen LogP contribution >= 0.6 is 0 Å². The Hall–Kier alpha value is -1.36. The molecule has 1 aromatic rings. The number of carbonyl (C=O) groups is 1. The number of hydrogen-bond donors (Lipinski definition) is 1. The number of rotatable bonds is 1. The van der Waals surface area contributed by atoms with Gasteiger partial charge in [0, 0.05) is 6.54 Å². The van der Waals surface area contributed by atoms with Gasteiger partial charge in [0.25, 0.3) is 5.91 Å². The summed E-state index contributed by atoms with van der Waals surface area (Å²) in [5.74, 6) is 0.836. The fourth-order valence-corrected chi connectivity index (χ4v) is 2.28. The summed E-state index contributed by atoms with van der Waals surface area (Å²) >= 11 is 0. The number of nitrogens with zero attached hydrogens (tertiary/aromatic N) is 2. The standard InChI is InChI=1S/C11H15N3O2/c1-8-12-6-9(13-8)10(15)14-4-5-16-7-11(14)2-3-11/h6H,2-5,7H2,1H3,(H,12,13). The maximum atomic E-state index is 12.3. The minimum atomic E-state index is -0.00561. The van der Waals surface area contributed by atoms with Crippen molar-refractivity contribution in [2.75, 3.05) is 19.8 Å². The van der Waals surface area contributed by atoms with E-state index in [-0.39, 0.29) is 11.4 Å². The molecule has 1 aromatic heterocycles. The van der Waals surface area contributed by atoms with E-state index in [1.165, 1.54) is 0 Å². The summed E-state index contributed by atoms with van der Waals surface area (Å²) in [6.45, 7) is 3.87. The normalized spacial score (nSPS) is 22.4. The molecule has 0 radical (unpaired) electrons. The SMILES string of the molecule is Cc1ncc(C(=O)N2CCOCC23CC3)[nH]1. The number of carbonyl (C=O) groups excluding carboxylic acids is 1. The molecule has 16 heavy (non-hydrogen) atoms. The van der Waals surface area contributed by atoms with Gasteiger partial charge in [-0.15, -0.1) is 0 Å². The molecule has 0 aromatic carbocycles. The van der Waals surface area contributed by atoms with Crippen LogP contribution in [0.3, 0.4) is 0 Å². The summed E-state index contributed by atoms with van der Waals surface area (Å²) in [6.07, 6.45) is 3.74. The van der Waals surface area contributed by atoms with Crippen molar-refractivity contribution in [3.8, 4) is 0 Å². The third-order valence-electron chi connectivity index (χ3n) is 3.41. The van der Waals surface area contributed by atoms with E-state index in [2.05, 4.69) is 9.97 Å². The summed E-state index contributed by atoms with van der Waals surface area (Å²) in [5, 5.41) is 0. The molecular formula is C11H15N3O2. The Morgan fingerprint density at radius 2 is 2.44 bits per heavy atom. The molecular weight excluding hydrogens is 206 g/mol. The Morgan fingerprint density at radius 3 is 3.06 bits per heavy atom. The summed E-state index contributed by atoms with van der Waals surface area (Å²) in [5.41, 5.74) is 0.583. The van der Waals surface area contributed by atoms with Crippen molar-refractivity contribution >= 4 is 5.91 Å². The van der Waals surface area contributed by atoms with Crippen LogP contribution in [0.25, 0.3) is 0 Å². The first-order valence-corrected chi connectivity index (χ1v) is 5.63. The number of aromatic nitrogens is 2. The van der Waals surface area contributed by atoms with E-state index >= 15 is 0 Å². The monoisotopic (exact) mass is 221 g/mol. The van der Waals surface area contributed by atoms with Gasteiger partial charge in [-0.05, 0) is 19.8 Å². The highest BCUT2D eigenvalue weighted by Gasteiger charge is 2.52. The van der Waals surface area contributed by atoms with E-state index in [1.807, 2.05) is 11.8 Å². The smallest absolute Gasteiger partial charge is 0.272 e. The maximum Gasteiger partial charge on any atom is 0.272 e. The van der Waals surface area contributed by atoms with Crippen LogP contribution in [0.4, 0.5) is 0 Å². The zero-order valence-electron chi connectivity index (χ0n) is 9.32. The zero-order chi connectivity index (χ0) is 11.2. The summed E-state index contributed by atoms with van der Waals surface area (Å²) in [7, 11) is 0. The van der Waals surface area contributed by atoms with Crippen LogP contribution in [0, 0.1) is 6.92 Å². The second kappa shape index (κ2) is 3.31. The van der Waals surface area contributed by atoms with Gasteiger partial charge in [0.2, 0.25) is 0 Å². The van der Waals surface area contributed by atoms with Gasteiger partial charge in [-0.1, -0.05) is 0 Å². The fourth-order valence-electron chi connectivity index (χ4n) is 2.28. The minimum Gasteiger partial charge on any atom is -0.377 e. The molecule has 2 aliphatic rings. The average Bonchev–Trinajstić information content (AvgIpc) is 2.90. The molecule has 0 atom stereocenters. The molecule has 2 heterocycles. The van der Waals surface area contributed by atoms with Crippen molar-refractivity contribution in [1.82, 2.24) is 14.9 Å². The molecule has 5 heteroatoms. The van der Waals surface area contributed by atoms with E-state index in [1.54, 1.807) is 6.20 Å². The van der Waals surface area contributed by atoms with Crippen LogP contribution < -0.4 is 0 Å². The highest BCUT2D eigenvalue weighted by molar-refractivity contribution is 5.93. The molecule has 1 saturated heterocycles.